The van der Waals surface area contributed by atoms with E-state index in [1.165, 1.54) is 29.1 Å². The first-order valence-corrected chi connectivity index (χ1v) is 12.6. The Kier molecular flexibility index (Phi) is 7.68. The highest BCUT2D eigenvalue weighted by molar-refractivity contribution is 8.00. The Morgan fingerprint density at radius 1 is 0.941 bits per heavy atom. The molecule has 0 atom stereocenters. The average Bonchev–Trinajstić information content (AvgIpc) is 3.27. The maximum atomic E-state index is 12.8. The predicted molar refractivity (Wildman–Crippen MR) is 138 cm³/mol. The number of carbonyl (C=O) groups is 1. The minimum Gasteiger partial charge on any atom is -0.324 e. The SMILES string of the molecule is Cc1ccc(-c2nnc(SCC(=O)Nc3ccccc3SCC#N)n2-c2ccc(C)cc2)cc1. The summed E-state index contributed by atoms with van der Waals surface area (Å²) in [5, 5.41) is 21.3. The zero-order chi connectivity index (χ0) is 23.9. The quantitative estimate of drug-likeness (QED) is 0.313. The van der Waals surface area contributed by atoms with Crippen molar-refractivity contribution in [1.82, 2.24) is 14.8 Å². The van der Waals surface area contributed by atoms with Crippen LogP contribution in [0.4, 0.5) is 5.69 Å². The van der Waals surface area contributed by atoms with Gasteiger partial charge in [0.15, 0.2) is 11.0 Å². The molecule has 0 spiro atoms. The molecular formula is C26H23N5OS2. The number of nitriles is 1. The fourth-order valence-electron chi connectivity index (χ4n) is 3.30. The molecule has 6 nitrogen and oxygen atoms in total. The molecule has 0 aliphatic carbocycles. The summed E-state index contributed by atoms with van der Waals surface area (Å²) < 4.78 is 1.98. The third-order valence-electron chi connectivity index (χ3n) is 5.02. The van der Waals surface area contributed by atoms with Crippen molar-refractivity contribution < 1.29 is 4.79 Å². The third-order valence-corrected chi connectivity index (χ3v) is 6.89. The van der Waals surface area contributed by atoms with Crippen LogP contribution < -0.4 is 5.32 Å². The smallest absolute Gasteiger partial charge is 0.234 e. The second-order valence-corrected chi connectivity index (χ2v) is 9.58. The molecule has 170 valence electrons. The van der Waals surface area contributed by atoms with E-state index in [0.29, 0.717) is 16.6 Å². The van der Waals surface area contributed by atoms with Crippen molar-refractivity contribution in [3.63, 3.8) is 0 Å². The topological polar surface area (TPSA) is 83.6 Å². The Labute approximate surface area is 207 Å². The molecular weight excluding hydrogens is 462 g/mol. The number of rotatable bonds is 8. The molecule has 8 heteroatoms. The molecule has 0 bridgehead atoms. The van der Waals surface area contributed by atoms with Gasteiger partial charge < -0.3 is 5.32 Å². The number of para-hydroxylation sites is 1. The van der Waals surface area contributed by atoms with Crippen LogP contribution in [-0.4, -0.2) is 32.2 Å². The molecule has 0 fully saturated rings. The number of aryl methyl sites for hydroxylation is 2. The fourth-order valence-corrected chi connectivity index (χ4v) is 4.72. The van der Waals surface area contributed by atoms with Crippen molar-refractivity contribution in [2.24, 2.45) is 0 Å². The van der Waals surface area contributed by atoms with Crippen molar-refractivity contribution in [3.05, 3.63) is 83.9 Å². The summed E-state index contributed by atoms with van der Waals surface area (Å²) in [5.41, 5.74) is 4.93. The van der Waals surface area contributed by atoms with E-state index >= 15 is 0 Å². The van der Waals surface area contributed by atoms with Crippen molar-refractivity contribution in [1.29, 1.82) is 5.26 Å². The largest absolute Gasteiger partial charge is 0.324 e. The van der Waals surface area contributed by atoms with Gasteiger partial charge in [-0.25, -0.2) is 0 Å². The second kappa shape index (κ2) is 11.1. The first-order valence-electron chi connectivity index (χ1n) is 10.7. The number of hydrogen-bond acceptors (Lipinski definition) is 6. The van der Waals surface area contributed by atoms with Gasteiger partial charge in [0.1, 0.15) is 0 Å². The molecule has 0 radical (unpaired) electrons. The van der Waals surface area contributed by atoms with E-state index in [-0.39, 0.29) is 11.7 Å². The van der Waals surface area contributed by atoms with Crippen LogP contribution in [0.1, 0.15) is 11.1 Å². The number of thioether (sulfide) groups is 2. The Bertz CT molecular complexity index is 1320. The lowest BCUT2D eigenvalue weighted by Gasteiger charge is -2.12. The maximum Gasteiger partial charge on any atom is 0.234 e. The van der Waals surface area contributed by atoms with Crippen molar-refractivity contribution in [2.75, 3.05) is 16.8 Å². The van der Waals surface area contributed by atoms with E-state index in [1.54, 1.807) is 0 Å². The highest BCUT2D eigenvalue weighted by Crippen LogP contribution is 2.30. The van der Waals surface area contributed by atoms with Gasteiger partial charge in [-0.05, 0) is 38.1 Å². The molecule has 1 heterocycles. The summed E-state index contributed by atoms with van der Waals surface area (Å²) in [6.07, 6.45) is 0. The molecule has 3 aromatic carbocycles. The zero-order valence-electron chi connectivity index (χ0n) is 18.9. The lowest BCUT2D eigenvalue weighted by atomic mass is 10.1. The van der Waals surface area contributed by atoms with Gasteiger partial charge in [0.2, 0.25) is 5.91 Å². The number of nitrogens with one attached hydrogen (secondary N) is 1. The number of benzene rings is 3. The summed E-state index contributed by atoms with van der Waals surface area (Å²) in [6, 6.07) is 25.9. The van der Waals surface area contributed by atoms with Gasteiger partial charge in [0.05, 0.1) is 23.3 Å². The van der Waals surface area contributed by atoms with Gasteiger partial charge >= 0.3 is 0 Å². The van der Waals surface area contributed by atoms with Gasteiger partial charge in [0.25, 0.3) is 0 Å². The number of carbonyl (C=O) groups excluding carboxylic acids is 1. The number of anilines is 1. The van der Waals surface area contributed by atoms with Crippen LogP contribution in [0.2, 0.25) is 0 Å². The van der Waals surface area contributed by atoms with Crippen molar-refractivity contribution in [3.8, 4) is 23.1 Å². The Balaban J connectivity index is 1.56. The summed E-state index contributed by atoms with van der Waals surface area (Å²) in [7, 11) is 0. The molecule has 0 unspecified atom stereocenters. The lowest BCUT2D eigenvalue weighted by Crippen LogP contribution is -2.15. The minimum atomic E-state index is -0.148. The molecule has 1 amide bonds. The first kappa shape index (κ1) is 23.6. The second-order valence-electron chi connectivity index (χ2n) is 7.62. The van der Waals surface area contributed by atoms with Gasteiger partial charge in [-0.3, -0.25) is 9.36 Å². The van der Waals surface area contributed by atoms with Crippen LogP contribution in [0.15, 0.2) is 82.8 Å². The van der Waals surface area contributed by atoms with E-state index in [0.717, 1.165) is 27.5 Å². The first-order chi connectivity index (χ1) is 16.5. The zero-order valence-corrected chi connectivity index (χ0v) is 20.5. The lowest BCUT2D eigenvalue weighted by molar-refractivity contribution is -0.113. The van der Waals surface area contributed by atoms with Crippen LogP contribution in [-0.2, 0) is 4.79 Å². The molecule has 0 saturated carbocycles. The van der Waals surface area contributed by atoms with E-state index in [4.69, 9.17) is 5.26 Å². The normalized spacial score (nSPS) is 10.6. The van der Waals surface area contributed by atoms with E-state index in [1.807, 2.05) is 91.2 Å². The van der Waals surface area contributed by atoms with Gasteiger partial charge in [-0.2, -0.15) is 5.26 Å². The van der Waals surface area contributed by atoms with Crippen molar-refractivity contribution >= 4 is 35.1 Å². The predicted octanol–water partition coefficient (Wildman–Crippen LogP) is 5.90. The van der Waals surface area contributed by atoms with E-state index in [9.17, 15) is 4.79 Å². The third kappa shape index (κ3) is 5.68. The summed E-state index contributed by atoms with van der Waals surface area (Å²) >= 11 is 2.73. The van der Waals surface area contributed by atoms with Crippen LogP contribution in [0, 0.1) is 25.2 Å². The Morgan fingerprint density at radius 2 is 1.62 bits per heavy atom. The molecule has 4 aromatic rings. The Hall–Kier alpha value is -3.54. The highest BCUT2D eigenvalue weighted by Gasteiger charge is 2.18. The molecule has 34 heavy (non-hydrogen) atoms. The highest BCUT2D eigenvalue weighted by atomic mass is 32.2. The van der Waals surface area contributed by atoms with Gasteiger partial charge in [0, 0.05) is 16.1 Å². The van der Waals surface area contributed by atoms with Gasteiger partial charge in [-0.15, -0.1) is 22.0 Å². The number of nitrogens with zero attached hydrogens (tertiary/aromatic N) is 4. The minimum absolute atomic E-state index is 0.148. The fraction of sp³-hybridized carbons (Fsp3) is 0.154. The molecule has 0 saturated heterocycles. The van der Waals surface area contributed by atoms with E-state index < -0.39 is 0 Å². The van der Waals surface area contributed by atoms with Crippen LogP contribution in [0.25, 0.3) is 17.1 Å². The number of hydrogen-bond donors (Lipinski definition) is 1. The summed E-state index contributed by atoms with van der Waals surface area (Å²) in [5.74, 6) is 1.08. The summed E-state index contributed by atoms with van der Waals surface area (Å²) in [4.78, 5) is 13.6. The average molecular weight is 486 g/mol. The monoisotopic (exact) mass is 485 g/mol. The Morgan fingerprint density at radius 3 is 2.32 bits per heavy atom. The molecule has 0 aliphatic rings. The molecule has 1 aromatic heterocycles. The van der Waals surface area contributed by atoms with Crippen molar-refractivity contribution in [2.45, 2.75) is 23.9 Å². The molecule has 1 N–H and O–H groups in total. The van der Waals surface area contributed by atoms with E-state index in [2.05, 4.69) is 21.6 Å². The van der Waals surface area contributed by atoms with Crippen LogP contribution >= 0.6 is 23.5 Å². The standard InChI is InChI=1S/C26H23N5OS2/c1-18-7-11-20(12-8-18)25-29-30-26(31(25)21-13-9-19(2)10-14-21)34-17-24(32)28-22-5-3-4-6-23(22)33-16-15-27/h3-14H,16-17H2,1-2H3,(H,28,32). The molecule has 0 aliphatic heterocycles. The number of amides is 1. The van der Waals surface area contributed by atoms with Gasteiger partial charge in [-0.1, -0.05) is 71.4 Å². The number of aromatic nitrogens is 3. The van der Waals surface area contributed by atoms with Crippen LogP contribution in [0.5, 0.6) is 0 Å². The summed E-state index contributed by atoms with van der Waals surface area (Å²) in [6.45, 7) is 4.09. The maximum absolute atomic E-state index is 12.8. The van der Waals surface area contributed by atoms with Crippen LogP contribution in [0.3, 0.4) is 0 Å². The molecule has 4 rings (SSSR count).